The first kappa shape index (κ1) is 22.9. The maximum Gasteiger partial charge on any atom is 0.339 e. The number of carbonyl (C=O) groups excluding carboxylic acids is 2. The summed E-state index contributed by atoms with van der Waals surface area (Å²) in [6.07, 6.45) is 0. The number of benzene rings is 2. The predicted molar refractivity (Wildman–Crippen MR) is 118 cm³/mol. The Morgan fingerprint density at radius 1 is 1.10 bits per heavy atom. The van der Waals surface area contributed by atoms with Gasteiger partial charge >= 0.3 is 5.97 Å². The number of carbonyl (C=O) groups is 2. The van der Waals surface area contributed by atoms with E-state index in [4.69, 9.17) is 27.9 Å². The molecule has 0 saturated heterocycles. The van der Waals surface area contributed by atoms with Crippen molar-refractivity contribution in [2.45, 2.75) is 11.3 Å². The van der Waals surface area contributed by atoms with Crippen LogP contribution in [-0.4, -0.2) is 37.1 Å². The van der Waals surface area contributed by atoms with Crippen molar-refractivity contribution in [2.24, 2.45) is 0 Å². The molecule has 3 aromatic rings. The zero-order chi connectivity index (χ0) is 22.6. The Balaban J connectivity index is 1.72. The van der Waals surface area contributed by atoms with Crippen LogP contribution in [0.1, 0.15) is 27.6 Å². The summed E-state index contributed by atoms with van der Waals surface area (Å²) in [5, 5.41) is 10.3. The van der Waals surface area contributed by atoms with Crippen molar-refractivity contribution in [3.8, 4) is 0 Å². The second kappa shape index (κ2) is 9.60. The molecular formula is C18H14Cl2N4O5S2. The quantitative estimate of drug-likeness (QED) is 0.369. The molecule has 1 aromatic heterocycles. The molecule has 0 bridgehead atoms. The van der Waals surface area contributed by atoms with E-state index < -0.39 is 21.9 Å². The number of aromatic nitrogens is 2. The molecule has 1 heterocycles. The second-order valence-corrected chi connectivity index (χ2v) is 9.53. The average Bonchev–Trinajstić information content (AvgIpc) is 3.18. The summed E-state index contributed by atoms with van der Waals surface area (Å²) < 4.78 is 31.9. The lowest BCUT2D eigenvalue weighted by Gasteiger charge is -2.08. The monoisotopic (exact) mass is 500 g/mol. The van der Waals surface area contributed by atoms with Crippen molar-refractivity contribution >= 4 is 67.3 Å². The highest BCUT2D eigenvalue weighted by Gasteiger charge is 2.22. The highest BCUT2D eigenvalue weighted by atomic mass is 35.5. The molecule has 2 aromatic carbocycles. The number of rotatable bonds is 7. The molecule has 2 N–H and O–H groups in total. The van der Waals surface area contributed by atoms with Gasteiger partial charge in [-0.15, -0.1) is 10.2 Å². The van der Waals surface area contributed by atoms with E-state index in [1.165, 1.54) is 30.3 Å². The summed E-state index contributed by atoms with van der Waals surface area (Å²) in [6.45, 7) is 1.83. The summed E-state index contributed by atoms with van der Waals surface area (Å²) >= 11 is 12.5. The molecule has 0 saturated carbocycles. The van der Waals surface area contributed by atoms with Gasteiger partial charge in [0.15, 0.2) is 0 Å². The van der Waals surface area contributed by atoms with E-state index in [0.717, 1.165) is 0 Å². The number of nitrogens with zero attached hydrogens (tertiary/aromatic N) is 2. The van der Waals surface area contributed by atoms with Crippen LogP contribution < -0.4 is 10.0 Å². The maximum absolute atomic E-state index is 12.6. The lowest BCUT2D eigenvalue weighted by molar-refractivity contribution is 0.0526. The third-order valence-electron chi connectivity index (χ3n) is 3.68. The second-order valence-electron chi connectivity index (χ2n) is 5.85. The van der Waals surface area contributed by atoms with Crippen LogP contribution in [0.4, 0.5) is 10.8 Å². The van der Waals surface area contributed by atoms with Gasteiger partial charge in [-0.25, -0.2) is 4.79 Å². The van der Waals surface area contributed by atoms with Gasteiger partial charge in [0.1, 0.15) is 0 Å². The molecule has 0 fully saturated rings. The van der Waals surface area contributed by atoms with Gasteiger partial charge in [0.05, 0.1) is 22.9 Å². The molecule has 0 unspecified atom stereocenters. The number of amides is 1. The summed E-state index contributed by atoms with van der Waals surface area (Å²) in [4.78, 5) is 24.0. The lowest BCUT2D eigenvalue weighted by Crippen LogP contribution is -2.13. The SMILES string of the molecule is CCOC(=O)c1ccc(NS(=O)(=O)c2nnc(NC(=O)c3ccc(Cl)cc3)s2)cc1Cl. The molecule has 31 heavy (non-hydrogen) atoms. The molecule has 1 amide bonds. The fraction of sp³-hybridized carbons (Fsp3) is 0.111. The van der Waals surface area contributed by atoms with Crippen LogP contribution in [0.5, 0.6) is 0 Å². The van der Waals surface area contributed by atoms with E-state index in [0.29, 0.717) is 21.9 Å². The third-order valence-corrected chi connectivity index (χ3v) is 6.83. The molecule has 0 radical (unpaired) electrons. The average molecular weight is 501 g/mol. The van der Waals surface area contributed by atoms with E-state index in [2.05, 4.69) is 20.2 Å². The van der Waals surface area contributed by atoms with Crippen molar-refractivity contribution in [2.75, 3.05) is 16.6 Å². The summed E-state index contributed by atoms with van der Waals surface area (Å²) in [5.41, 5.74) is 0.535. The van der Waals surface area contributed by atoms with Gasteiger partial charge in [0.25, 0.3) is 20.3 Å². The highest BCUT2D eigenvalue weighted by molar-refractivity contribution is 7.94. The Morgan fingerprint density at radius 2 is 1.81 bits per heavy atom. The van der Waals surface area contributed by atoms with E-state index >= 15 is 0 Å². The van der Waals surface area contributed by atoms with E-state index in [-0.39, 0.29) is 32.4 Å². The zero-order valence-electron chi connectivity index (χ0n) is 15.8. The number of hydrogen-bond acceptors (Lipinski definition) is 8. The smallest absolute Gasteiger partial charge is 0.339 e. The lowest BCUT2D eigenvalue weighted by atomic mass is 10.2. The first-order valence-electron chi connectivity index (χ1n) is 8.59. The van der Waals surface area contributed by atoms with Gasteiger partial charge < -0.3 is 4.74 Å². The van der Waals surface area contributed by atoms with Gasteiger partial charge in [-0.05, 0) is 49.4 Å². The van der Waals surface area contributed by atoms with E-state index in [1.807, 2.05) is 0 Å². The Hall–Kier alpha value is -2.73. The van der Waals surface area contributed by atoms with Crippen molar-refractivity contribution in [3.63, 3.8) is 0 Å². The molecule has 0 aliphatic rings. The Labute approximate surface area is 191 Å². The summed E-state index contributed by atoms with van der Waals surface area (Å²) in [7, 11) is -4.11. The fourth-order valence-corrected chi connectivity index (χ4v) is 4.62. The Kier molecular flexibility index (Phi) is 7.11. The van der Waals surface area contributed by atoms with Crippen molar-refractivity contribution in [1.29, 1.82) is 0 Å². The first-order chi connectivity index (χ1) is 14.7. The van der Waals surface area contributed by atoms with Crippen LogP contribution in [0.15, 0.2) is 46.8 Å². The molecule has 13 heteroatoms. The number of hydrogen-bond donors (Lipinski definition) is 2. The third kappa shape index (κ3) is 5.70. The fourth-order valence-electron chi connectivity index (χ4n) is 2.29. The number of nitrogens with one attached hydrogen (secondary N) is 2. The first-order valence-corrected chi connectivity index (χ1v) is 11.6. The van der Waals surface area contributed by atoms with Gasteiger partial charge in [0, 0.05) is 10.6 Å². The van der Waals surface area contributed by atoms with Crippen LogP contribution in [-0.2, 0) is 14.8 Å². The van der Waals surface area contributed by atoms with Gasteiger partial charge in [-0.2, -0.15) is 8.42 Å². The van der Waals surface area contributed by atoms with E-state index in [9.17, 15) is 18.0 Å². The minimum Gasteiger partial charge on any atom is -0.462 e. The Morgan fingerprint density at radius 3 is 2.45 bits per heavy atom. The summed E-state index contributed by atoms with van der Waals surface area (Å²) in [5.74, 6) is -1.11. The molecule has 0 spiro atoms. The minimum atomic E-state index is -4.11. The Bertz CT molecular complexity index is 1230. The van der Waals surface area contributed by atoms with Crippen LogP contribution in [0.2, 0.25) is 10.0 Å². The van der Waals surface area contributed by atoms with Crippen LogP contribution in [0, 0.1) is 0 Å². The van der Waals surface area contributed by atoms with Crippen molar-refractivity contribution < 1.29 is 22.7 Å². The summed E-state index contributed by atoms with van der Waals surface area (Å²) in [6, 6.07) is 10.1. The maximum atomic E-state index is 12.6. The number of sulfonamides is 1. The predicted octanol–water partition coefficient (Wildman–Crippen LogP) is 4.07. The molecule has 162 valence electrons. The number of ether oxygens (including phenoxy) is 1. The standard InChI is InChI=1S/C18H14Cl2N4O5S2/c1-2-29-16(26)13-8-7-12(9-14(13)20)24-31(27,28)18-23-22-17(30-18)21-15(25)10-3-5-11(19)6-4-10/h3-9,24H,2H2,1H3,(H,21,22,25). The van der Waals surface area contributed by atoms with Gasteiger partial charge in [-0.3, -0.25) is 14.8 Å². The molecule has 0 aliphatic heterocycles. The van der Waals surface area contributed by atoms with Crippen LogP contribution in [0.3, 0.4) is 0 Å². The van der Waals surface area contributed by atoms with Crippen LogP contribution in [0.25, 0.3) is 0 Å². The normalized spacial score (nSPS) is 11.1. The number of halogens is 2. The molecule has 9 nitrogen and oxygen atoms in total. The zero-order valence-corrected chi connectivity index (χ0v) is 18.9. The van der Waals surface area contributed by atoms with Gasteiger partial charge in [-0.1, -0.05) is 34.5 Å². The minimum absolute atomic E-state index is 0.00369. The van der Waals surface area contributed by atoms with Crippen molar-refractivity contribution in [3.05, 3.63) is 63.6 Å². The highest BCUT2D eigenvalue weighted by Crippen LogP contribution is 2.26. The molecule has 3 rings (SSSR count). The number of esters is 1. The molecule has 0 atom stereocenters. The molecule has 0 aliphatic carbocycles. The van der Waals surface area contributed by atoms with E-state index in [1.54, 1.807) is 19.1 Å². The van der Waals surface area contributed by atoms with Crippen molar-refractivity contribution in [1.82, 2.24) is 10.2 Å². The van der Waals surface area contributed by atoms with Crippen LogP contribution >= 0.6 is 34.5 Å². The largest absolute Gasteiger partial charge is 0.462 e. The number of anilines is 2. The molecular weight excluding hydrogens is 487 g/mol. The topological polar surface area (TPSA) is 127 Å². The van der Waals surface area contributed by atoms with Gasteiger partial charge in [0.2, 0.25) is 5.13 Å².